The molecule has 0 N–H and O–H groups in total. The molecule has 0 aliphatic heterocycles. The van der Waals surface area contributed by atoms with E-state index in [9.17, 15) is 9.59 Å². The monoisotopic (exact) mass is 499 g/mol. The normalized spacial score (nSPS) is 10.7. The van der Waals surface area contributed by atoms with E-state index in [1.807, 2.05) is 24.3 Å². The van der Waals surface area contributed by atoms with Gasteiger partial charge in [0.2, 0.25) is 5.89 Å². The number of oxazole rings is 1. The predicted octanol–water partition coefficient (Wildman–Crippen LogP) is 6.77. The van der Waals surface area contributed by atoms with Crippen molar-refractivity contribution in [3.8, 4) is 23.0 Å². The Morgan fingerprint density at radius 1 is 0.838 bits per heavy atom. The second kappa shape index (κ2) is 12.5. The number of fused-ring (bicyclic) bond motifs is 1. The number of benzene rings is 3. The van der Waals surface area contributed by atoms with Crippen LogP contribution in [-0.2, 0) is 9.53 Å². The molecule has 7 nitrogen and oxygen atoms in total. The Bertz CT molecular complexity index is 1320. The molecule has 1 aromatic heterocycles. The van der Waals surface area contributed by atoms with Crippen molar-refractivity contribution in [1.82, 2.24) is 4.98 Å². The molecule has 0 fully saturated rings. The summed E-state index contributed by atoms with van der Waals surface area (Å²) in [4.78, 5) is 28.3. The molecule has 0 amide bonds. The van der Waals surface area contributed by atoms with Crippen LogP contribution in [0.5, 0.6) is 11.5 Å². The number of carbonyl (C=O) groups excluding carboxylic acids is 2. The Morgan fingerprint density at radius 3 is 2.22 bits per heavy atom. The zero-order chi connectivity index (χ0) is 26.0. The van der Waals surface area contributed by atoms with Crippen LogP contribution in [-0.4, -0.2) is 30.1 Å². The minimum Gasteiger partial charge on any atom is -0.494 e. The van der Waals surface area contributed by atoms with Crippen molar-refractivity contribution in [3.63, 3.8) is 0 Å². The second-order valence-electron chi connectivity index (χ2n) is 8.60. The summed E-state index contributed by atoms with van der Waals surface area (Å²) >= 11 is 0. The summed E-state index contributed by atoms with van der Waals surface area (Å²) in [6.45, 7) is 6.17. The number of carbonyl (C=O) groups is 2. The SMILES string of the molecule is C=C(C)C(=O)OCCCCCCOc1ccc(C(=O)Oc2ccc(-c3nc4ccccc4o3)cc2)cc1. The number of para-hydroxylation sites is 2. The maximum absolute atomic E-state index is 12.5. The molecule has 7 heteroatoms. The van der Waals surface area contributed by atoms with Crippen LogP contribution < -0.4 is 9.47 Å². The fraction of sp³-hybridized carbons (Fsp3) is 0.233. The lowest BCUT2D eigenvalue weighted by molar-refractivity contribution is -0.139. The Labute approximate surface area is 215 Å². The number of ether oxygens (including phenoxy) is 3. The summed E-state index contributed by atoms with van der Waals surface area (Å²) in [7, 11) is 0. The van der Waals surface area contributed by atoms with Gasteiger partial charge >= 0.3 is 11.9 Å². The Morgan fingerprint density at radius 2 is 1.51 bits per heavy atom. The highest BCUT2D eigenvalue weighted by Crippen LogP contribution is 2.26. The molecule has 0 unspecified atom stereocenters. The molecule has 0 saturated heterocycles. The molecule has 0 bridgehead atoms. The van der Waals surface area contributed by atoms with Gasteiger partial charge in [-0.1, -0.05) is 18.7 Å². The van der Waals surface area contributed by atoms with E-state index >= 15 is 0 Å². The van der Waals surface area contributed by atoms with E-state index < -0.39 is 5.97 Å². The maximum atomic E-state index is 12.5. The number of hydrogen-bond acceptors (Lipinski definition) is 7. The van der Waals surface area contributed by atoms with Crippen molar-refractivity contribution in [2.45, 2.75) is 32.6 Å². The third-order valence-corrected chi connectivity index (χ3v) is 5.58. The molecule has 0 aliphatic carbocycles. The van der Waals surface area contributed by atoms with Gasteiger partial charge in [-0.05, 0) is 93.3 Å². The first-order chi connectivity index (χ1) is 18.0. The van der Waals surface area contributed by atoms with Crippen LogP contribution in [0, 0.1) is 0 Å². The van der Waals surface area contributed by atoms with Gasteiger partial charge in [0.25, 0.3) is 0 Å². The van der Waals surface area contributed by atoms with Crippen molar-refractivity contribution < 1.29 is 28.2 Å². The summed E-state index contributed by atoms with van der Waals surface area (Å²) < 4.78 is 22.1. The first kappa shape index (κ1) is 25.7. The number of aromatic nitrogens is 1. The minimum absolute atomic E-state index is 0.343. The quantitative estimate of drug-likeness (QED) is 0.0919. The molecule has 0 atom stereocenters. The summed E-state index contributed by atoms with van der Waals surface area (Å²) in [5, 5.41) is 0. The van der Waals surface area contributed by atoms with Crippen LogP contribution in [0.4, 0.5) is 0 Å². The average Bonchev–Trinajstić information content (AvgIpc) is 3.35. The zero-order valence-corrected chi connectivity index (χ0v) is 20.8. The van der Waals surface area contributed by atoms with Crippen LogP contribution in [0.15, 0.2) is 89.4 Å². The van der Waals surface area contributed by atoms with Gasteiger partial charge in [-0.25, -0.2) is 14.6 Å². The molecule has 0 saturated carbocycles. The zero-order valence-electron chi connectivity index (χ0n) is 20.8. The van der Waals surface area contributed by atoms with Crippen molar-refractivity contribution in [2.24, 2.45) is 0 Å². The average molecular weight is 500 g/mol. The number of nitrogens with zero attached hydrogens (tertiary/aromatic N) is 1. The van der Waals surface area contributed by atoms with Crippen molar-refractivity contribution in [1.29, 1.82) is 0 Å². The topological polar surface area (TPSA) is 87.9 Å². The first-order valence-electron chi connectivity index (χ1n) is 12.2. The molecular weight excluding hydrogens is 470 g/mol. The summed E-state index contributed by atoms with van der Waals surface area (Å²) in [5.74, 6) is 0.839. The largest absolute Gasteiger partial charge is 0.494 e. The van der Waals surface area contributed by atoms with Crippen LogP contribution in [0.2, 0.25) is 0 Å². The highest BCUT2D eigenvalue weighted by atomic mass is 16.5. The lowest BCUT2D eigenvalue weighted by Crippen LogP contribution is -2.08. The molecule has 0 radical (unpaired) electrons. The third kappa shape index (κ3) is 7.30. The van der Waals surface area contributed by atoms with E-state index in [1.165, 1.54) is 0 Å². The third-order valence-electron chi connectivity index (χ3n) is 5.58. The lowest BCUT2D eigenvalue weighted by atomic mass is 10.2. The van der Waals surface area contributed by atoms with Crippen LogP contribution >= 0.6 is 0 Å². The number of hydrogen-bond donors (Lipinski definition) is 0. The fourth-order valence-electron chi connectivity index (χ4n) is 3.55. The molecule has 1 heterocycles. The Kier molecular flexibility index (Phi) is 8.70. The standard InChI is InChI=1S/C30H29NO6/c1-21(2)29(32)35-20-8-4-3-7-19-34-24-15-13-23(14-16-24)30(33)36-25-17-11-22(12-18-25)28-31-26-9-5-6-10-27(26)37-28/h5-6,9-18H,1,3-4,7-8,19-20H2,2H3. The predicted molar refractivity (Wildman–Crippen MR) is 141 cm³/mol. The molecule has 0 aliphatic rings. The van der Waals surface area contributed by atoms with E-state index in [2.05, 4.69) is 11.6 Å². The van der Waals surface area contributed by atoms with Crippen molar-refractivity contribution in [3.05, 3.63) is 90.5 Å². The van der Waals surface area contributed by atoms with Crippen LogP contribution in [0.3, 0.4) is 0 Å². The summed E-state index contributed by atoms with van der Waals surface area (Å²) in [6.07, 6.45) is 3.63. The highest BCUT2D eigenvalue weighted by Gasteiger charge is 2.11. The van der Waals surface area contributed by atoms with Crippen molar-refractivity contribution in [2.75, 3.05) is 13.2 Å². The van der Waals surface area contributed by atoms with Gasteiger partial charge in [-0.2, -0.15) is 0 Å². The second-order valence-corrected chi connectivity index (χ2v) is 8.60. The van der Waals surface area contributed by atoms with E-state index in [1.54, 1.807) is 55.5 Å². The maximum Gasteiger partial charge on any atom is 0.343 e. The summed E-state index contributed by atoms with van der Waals surface area (Å²) in [6, 6.07) is 21.5. The molecule has 4 aromatic rings. The van der Waals surface area contributed by atoms with Gasteiger partial charge < -0.3 is 18.6 Å². The molecule has 190 valence electrons. The Hall–Kier alpha value is -4.39. The van der Waals surface area contributed by atoms with E-state index in [0.29, 0.717) is 41.7 Å². The minimum atomic E-state index is -0.450. The number of unbranched alkanes of at least 4 members (excludes halogenated alkanes) is 3. The van der Waals surface area contributed by atoms with E-state index in [4.69, 9.17) is 18.6 Å². The highest BCUT2D eigenvalue weighted by molar-refractivity contribution is 5.91. The number of esters is 2. The number of rotatable bonds is 12. The van der Waals surface area contributed by atoms with E-state index in [0.717, 1.165) is 42.3 Å². The fourth-order valence-corrected chi connectivity index (χ4v) is 3.55. The van der Waals surface area contributed by atoms with Gasteiger partial charge in [-0.15, -0.1) is 0 Å². The van der Waals surface area contributed by atoms with Crippen molar-refractivity contribution >= 4 is 23.0 Å². The Balaban J connectivity index is 1.18. The van der Waals surface area contributed by atoms with Crippen LogP contribution in [0.25, 0.3) is 22.6 Å². The molecule has 4 rings (SSSR count). The smallest absolute Gasteiger partial charge is 0.343 e. The van der Waals surface area contributed by atoms with Gasteiger partial charge in [0.05, 0.1) is 18.8 Å². The first-order valence-corrected chi connectivity index (χ1v) is 12.2. The lowest BCUT2D eigenvalue weighted by Gasteiger charge is -2.08. The van der Waals surface area contributed by atoms with E-state index in [-0.39, 0.29) is 5.97 Å². The molecule has 37 heavy (non-hydrogen) atoms. The summed E-state index contributed by atoms with van der Waals surface area (Å²) in [5.41, 5.74) is 3.15. The molecule has 3 aromatic carbocycles. The van der Waals surface area contributed by atoms with Gasteiger partial charge in [0.15, 0.2) is 5.58 Å². The molecule has 0 spiro atoms. The molecular formula is C30H29NO6. The van der Waals surface area contributed by atoms with Gasteiger partial charge in [0.1, 0.15) is 17.0 Å². The van der Waals surface area contributed by atoms with Gasteiger partial charge in [-0.3, -0.25) is 0 Å². The van der Waals surface area contributed by atoms with Crippen LogP contribution in [0.1, 0.15) is 43.0 Å². The van der Waals surface area contributed by atoms with Gasteiger partial charge in [0, 0.05) is 11.1 Å².